The molecular weight excluding hydrogens is 521 g/mol. The first-order chi connectivity index (χ1) is 18.4. The summed E-state index contributed by atoms with van der Waals surface area (Å²) in [6.45, 7) is 0.877. The Morgan fingerprint density at radius 1 is 0.842 bits per heavy atom. The molecule has 0 heterocycles. The Balaban J connectivity index is 1.54. The summed E-state index contributed by atoms with van der Waals surface area (Å²) in [5.74, 6) is -0.375. The van der Waals surface area contributed by atoms with Gasteiger partial charge in [-0.15, -0.1) is 0 Å². The van der Waals surface area contributed by atoms with Gasteiger partial charge < -0.3 is 14.7 Å². The van der Waals surface area contributed by atoms with Gasteiger partial charge in [-0.3, -0.25) is 4.79 Å². The molecule has 0 spiro atoms. The third-order valence-electron chi connectivity index (χ3n) is 6.29. The van der Waals surface area contributed by atoms with E-state index in [-0.39, 0.29) is 11.5 Å². The van der Waals surface area contributed by atoms with E-state index in [0.29, 0.717) is 34.3 Å². The van der Waals surface area contributed by atoms with Gasteiger partial charge in [0.05, 0.1) is 23.3 Å². The van der Waals surface area contributed by atoms with Crippen LogP contribution in [0.25, 0.3) is 11.1 Å². The van der Waals surface area contributed by atoms with Gasteiger partial charge in [0.2, 0.25) is 0 Å². The number of benzene rings is 4. The highest BCUT2D eigenvalue weighted by atomic mass is 35.5. The maximum absolute atomic E-state index is 13.6. The standard InChI is InChI=1S/C31H27Cl2NO4/c1-38-25-15-10-21(11-16-25)5-4-18-34(30(35)28-19-24(32)14-17-29(28)33)20-22-8-12-23(13-9-22)26-6-2-3-7-27(26)31(36)37/h2-3,6-17,19H,4-5,18,20H2,1H3,(H,36,37). The number of carboxylic acids is 1. The smallest absolute Gasteiger partial charge is 0.336 e. The molecule has 1 N–H and O–H groups in total. The third-order valence-corrected chi connectivity index (χ3v) is 6.86. The summed E-state index contributed by atoms with van der Waals surface area (Å²) in [6.07, 6.45) is 1.54. The van der Waals surface area contributed by atoms with Crippen molar-refractivity contribution in [2.45, 2.75) is 19.4 Å². The Labute approximate surface area is 232 Å². The molecule has 0 atom stereocenters. The van der Waals surface area contributed by atoms with Crippen LogP contribution in [0.15, 0.2) is 91.0 Å². The topological polar surface area (TPSA) is 66.8 Å². The molecule has 4 rings (SSSR count). The Morgan fingerprint density at radius 2 is 1.53 bits per heavy atom. The molecule has 1 amide bonds. The number of ether oxygens (including phenoxy) is 1. The van der Waals surface area contributed by atoms with Crippen molar-refractivity contribution < 1.29 is 19.4 Å². The van der Waals surface area contributed by atoms with Gasteiger partial charge in [-0.2, -0.15) is 0 Å². The molecule has 4 aromatic carbocycles. The number of methoxy groups -OCH3 is 1. The number of aryl methyl sites for hydroxylation is 1. The maximum Gasteiger partial charge on any atom is 0.336 e. The predicted molar refractivity (Wildman–Crippen MR) is 151 cm³/mol. The maximum atomic E-state index is 13.6. The number of halogens is 2. The second kappa shape index (κ2) is 12.6. The van der Waals surface area contributed by atoms with Crippen molar-refractivity contribution in [2.24, 2.45) is 0 Å². The fraction of sp³-hybridized carbons (Fsp3) is 0.161. The molecule has 0 aliphatic rings. The van der Waals surface area contributed by atoms with Crippen LogP contribution in [0.1, 0.15) is 38.3 Å². The van der Waals surface area contributed by atoms with Gasteiger partial charge in [0.15, 0.2) is 0 Å². The lowest BCUT2D eigenvalue weighted by Gasteiger charge is -2.24. The zero-order valence-corrected chi connectivity index (χ0v) is 22.4. The lowest BCUT2D eigenvalue weighted by Crippen LogP contribution is -2.32. The summed E-state index contributed by atoms with van der Waals surface area (Å²) in [6, 6.07) is 27.2. The summed E-state index contributed by atoms with van der Waals surface area (Å²) in [5, 5.41) is 10.3. The highest BCUT2D eigenvalue weighted by Crippen LogP contribution is 2.26. The molecule has 7 heteroatoms. The highest BCUT2D eigenvalue weighted by molar-refractivity contribution is 6.35. The number of carboxylic acid groups (broad SMARTS) is 1. The summed E-state index contributed by atoms with van der Waals surface area (Å²) >= 11 is 12.5. The van der Waals surface area contributed by atoms with E-state index in [1.54, 1.807) is 48.4 Å². The fourth-order valence-corrected chi connectivity index (χ4v) is 4.65. The second-order valence-corrected chi connectivity index (χ2v) is 9.69. The number of hydrogen-bond acceptors (Lipinski definition) is 3. The van der Waals surface area contributed by atoms with Gasteiger partial charge in [-0.25, -0.2) is 4.79 Å². The molecule has 0 fully saturated rings. The molecule has 0 aliphatic carbocycles. The average Bonchev–Trinajstić information content (AvgIpc) is 2.94. The highest BCUT2D eigenvalue weighted by Gasteiger charge is 2.20. The van der Waals surface area contributed by atoms with Gasteiger partial charge in [0.25, 0.3) is 5.91 Å². The Hall–Kier alpha value is -3.80. The van der Waals surface area contributed by atoms with E-state index >= 15 is 0 Å². The number of rotatable bonds is 10. The number of carbonyl (C=O) groups is 2. The zero-order chi connectivity index (χ0) is 27.1. The van der Waals surface area contributed by atoms with E-state index < -0.39 is 5.97 Å². The van der Waals surface area contributed by atoms with E-state index in [0.717, 1.165) is 35.3 Å². The van der Waals surface area contributed by atoms with Gasteiger partial charge >= 0.3 is 5.97 Å². The van der Waals surface area contributed by atoms with Crippen molar-refractivity contribution in [1.29, 1.82) is 0 Å². The minimum absolute atomic E-state index is 0.201. The number of carbonyl (C=O) groups excluding carboxylic acids is 1. The van der Waals surface area contributed by atoms with Crippen LogP contribution in [-0.2, 0) is 13.0 Å². The first-order valence-electron chi connectivity index (χ1n) is 12.1. The van der Waals surface area contributed by atoms with Gasteiger partial charge in [-0.1, -0.05) is 77.8 Å². The number of hydrogen-bond donors (Lipinski definition) is 1. The molecule has 0 saturated carbocycles. The van der Waals surface area contributed by atoms with Crippen LogP contribution in [0.5, 0.6) is 5.75 Å². The predicted octanol–water partition coefficient (Wildman–Crippen LogP) is 7.64. The van der Waals surface area contributed by atoms with Crippen LogP contribution in [0.4, 0.5) is 0 Å². The molecule has 0 aromatic heterocycles. The van der Waals surface area contributed by atoms with E-state index in [4.69, 9.17) is 27.9 Å². The Kier molecular flexibility index (Phi) is 9.06. The molecule has 0 radical (unpaired) electrons. The van der Waals surface area contributed by atoms with Crippen LogP contribution in [0.2, 0.25) is 10.0 Å². The van der Waals surface area contributed by atoms with Gasteiger partial charge in [0, 0.05) is 18.1 Å². The number of aromatic carboxylic acids is 1. The van der Waals surface area contributed by atoms with Crippen LogP contribution in [-0.4, -0.2) is 35.5 Å². The van der Waals surface area contributed by atoms with E-state index in [9.17, 15) is 14.7 Å². The molecule has 4 aromatic rings. The van der Waals surface area contributed by atoms with Crippen molar-refractivity contribution in [3.8, 4) is 16.9 Å². The van der Waals surface area contributed by atoms with Crippen LogP contribution >= 0.6 is 23.2 Å². The zero-order valence-electron chi connectivity index (χ0n) is 20.9. The van der Waals surface area contributed by atoms with E-state index in [1.807, 2.05) is 54.6 Å². The van der Waals surface area contributed by atoms with Gasteiger partial charge in [-0.05, 0) is 71.5 Å². The summed E-state index contributed by atoms with van der Waals surface area (Å²) in [7, 11) is 1.64. The van der Waals surface area contributed by atoms with Crippen LogP contribution in [0, 0.1) is 0 Å². The first-order valence-corrected chi connectivity index (χ1v) is 12.9. The van der Waals surface area contributed by atoms with Crippen LogP contribution < -0.4 is 4.74 Å². The molecule has 0 unspecified atom stereocenters. The summed E-state index contributed by atoms with van der Waals surface area (Å²) < 4.78 is 5.23. The van der Waals surface area contributed by atoms with E-state index in [1.165, 1.54) is 0 Å². The molecule has 194 valence electrons. The van der Waals surface area contributed by atoms with Crippen molar-refractivity contribution in [3.63, 3.8) is 0 Å². The first kappa shape index (κ1) is 27.2. The van der Waals surface area contributed by atoms with Crippen molar-refractivity contribution in [1.82, 2.24) is 4.90 Å². The lowest BCUT2D eigenvalue weighted by molar-refractivity contribution is 0.0696. The quantitative estimate of drug-likeness (QED) is 0.221. The summed E-state index contributed by atoms with van der Waals surface area (Å²) in [5.41, 5.74) is 4.10. The molecule has 0 aliphatic heterocycles. The SMILES string of the molecule is COc1ccc(CCCN(Cc2ccc(-c3ccccc3C(=O)O)cc2)C(=O)c2cc(Cl)ccc2Cl)cc1. The minimum Gasteiger partial charge on any atom is -0.497 e. The molecule has 5 nitrogen and oxygen atoms in total. The molecule has 0 bridgehead atoms. The number of amides is 1. The van der Waals surface area contributed by atoms with Crippen molar-refractivity contribution in [2.75, 3.05) is 13.7 Å². The van der Waals surface area contributed by atoms with Gasteiger partial charge in [0.1, 0.15) is 5.75 Å². The van der Waals surface area contributed by atoms with Crippen molar-refractivity contribution in [3.05, 3.63) is 123 Å². The normalized spacial score (nSPS) is 10.7. The summed E-state index contributed by atoms with van der Waals surface area (Å²) in [4.78, 5) is 27.0. The fourth-order valence-electron chi connectivity index (χ4n) is 4.28. The monoisotopic (exact) mass is 547 g/mol. The van der Waals surface area contributed by atoms with Crippen molar-refractivity contribution >= 4 is 35.1 Å². The molecule has 38 heavy (non-hydrogen) atoms. The Bertz CT molecular complexity index is 1420. The minimum atomic E-state index is -0.975. The van der Waals surface area contributed by atoms with E-state index in [2.05, 4.69) is 0 Å². The number of nitrogens with zero attached hydrogens (tertiary/aromatic N) is 1. The molecule has 0 saturated heterocycles. The van der Waals surface area contributed by atoms with Crippen LogP contribution in [0.3, 0.4) is 0 Å². The largest absolute Gasteiger partial charge is 0.497 e. The Morgan fingerprint density at radius 3 is 2.21 bits per heavy atom. The third kappa shape index (κ3) is 6.74. The molecular formula is C31H27Cl2NO4. The average molecular weight is 548 g/mol. The lowest BCUT2D eigenvalue weighted by atomic mass is 9.98. The second-order valence-electron chi connectivity index (χ2n) is 8.85.